The molecule has 5 saturated heterocycles. The Morgan fingerprint density at radius 3 is 0.582 bits per heavy atom. The summed E-state index contributed by atoms with van der Waals surface area (Å²) in [5.41, 5.74) is -20.8. The van der Waals surface area contributed by atoms with E-state index < -0.39 is 220 Å². The summed E-state index contributed by atoms with van der Waals surface area (Å²) in [6.45, 7) is -13.7. The van der Waals surface area contributed by atoms with Gasteiger partial charge in [-0.05, 0) is 102 Å². The van der Waals surface area contributed by atoms with Crippen molar-refractivity contribution in [2.45, 2.75) is 228 Å². The van der Waals surface area contributed by atoms with E-state index in [1.165, 1.54) is 0 Å². The Hall–Kier alpha value is -2.02. The fourth-order valence-corrected chi connectivity index (χ4v) is 15.1. The quantitative estimate of drug-likeness (QED) is 0.0663. The van der Waals surface area contributed by atoms with Gasteiger partial charge in [-0.15, -0.1) is 0 Å². The molecule has 9 rings (SSSR count). The first-order valence-electron chi connectivity index (χ1n) is 29.9. The Labute approximate surface area is 509 Å². The van der Waals surface area contributed by atoms with Crippen LogP contribution < -0.4 is 42.5 Å². The molecule has 4 saturated carbocycles. The maximum Gasteiger partial charge on any atom is 0.405 e. The SMILES string of the molecule is CC(COC1C(OCC(C)(C(F)(F)F)C(F)(F)F)C(OCC(C)(C(F)(F)F)C(F)(F)F)C2C3NC4NC(NC5NC(NC6NC(NC(N3)C2C1OCC(C)(C(F)(F)F)C(F)(F)F)C1CCCCC61)C1CCCCC51)C1CCCCC41)(C(F)(F)F)C(F)(F)F.O[SiH2]O. The lowest BCUT2D eigenvalue weighted by atomic mass is 9.70. The third-order valence-electron chi connectivity index (χ3n) is 21.3. The first-order chi connectivity index (χ1) is 41.6. The highest BCUT2D eigenvalue weighted by Crippen LogP contribution is 2.58. The molecule has 20 unspecified atom stereocenters. The minimum Gasteiger partial charge on any atom is -0.415 e. The van der Waals surface area contributed by atoms with E-state index in [2.05, 4.69) is 42.5 Å². The van der Waals surface area contributed by atoms with E-state index in [-0.39, 0.29) is 36.0 Å². The van der Waals surface area contributed by atoms with Gasteiger partial charge in [0.25, 0.3) is 10.0 Å². The molecule has 20 atom stereocenters. The lowest BCUT2D eigenvalue weighted by Gasteiger charge is -2.52. The highest BCUT2D eigenvalue weighted by atomic mass is 28.2. The van der Waals surface area contributed by atoms with Gasteiger partial charge in [-0.3, -0.25) is 42.5 Å². The molecular weight excluding hydrogens is 1320 g/mol. The van der Waals surface area contributed by atoms with Gasteiger partial charge in [0.2, 0.25) is 0 Å². The summed E-state index contributed by atoms with van der Waals surface area (Å²) in [6, 6.07) is 0. The zero-order chi connectivity index (χ0) is 68.1. The fourth-order valence-electron chi connectivity index (χ4n) is 15.1. The Balaban J connectivity index is 0.00000349. The van der Waals surface area contributed by atoms with Gasteiger partial charge in [-0.25, -0.2) is 0 Å². The van der Waals surface area contributed by atoms with Gasteiger partial charge in [0.05, 0.1) is 88.0 Å². The van der Waals surface area contributed by atoms with E-state index in [1.54, 1.807) is 0 Å². The van der Waals surface area contributed by atoms with Crippen LogP contribution in [0.25, 0.3) is 0 Å². The molecule has 0 radical (unpaired) electrons. The monoisotopic (exact) mass is 1390 g/mol. The lowest BCUT2D eigenvalue weighted by Crippen LogP contribution is -2.68. The molecule has 0 spiro atoms. The van der Waals surface area contributed by atoms with Crippen LogP contribution in [-0.2, 0) is 18.9 Å². The van der Waals surface area contributed by atoms with Crippen LogP contribution >= 0.6 is 0 Å². The second-order valence-corrected chi connectivity index (χ2v) is 27.0. The molecule has 14 nitrogen and oxygen atoms in total. The van der Waals surface area contributed by atoms with Crippen molar-refractivity contribution in [2.24, 2.45) is 69.0 Å². The molecule has 9 aliphatic rings. The minimum absolute atomic E-state index is 0.0511. The number of hydrogen-bond donors (Lipinski definition) is 10. The highest BCUT2D eigenvalue weighted by Gasteiger charge is 2.74. The fraction of sp³-hybridized carbons (Fsp3) is 1.00. The van der Waals surface area contributed by atoms with Gasteiger partial charge in [0, 0.05) is 11.8 Å². The van der Waals surface area contributed by atoms with E-state index >= 15 is 0 Å². The van der Waals surface area contributed by atoms with Crippen LogP contribution in [0.1, 0.15) is 105 Å². The molecule has 5 heterocycles. The summed E-state index contributed by atoms with van der Waals surface area (Å²) in [4.78, 5) is 14.5. The van der Waals surface area contributed by atoms with Crippen molar-refractivity contribution < 1.29 is 134 Å². The van der Waals surface area contributed by atoms with Gasteiger partial charge >= 0.3 is 49.4 Å². The maximum absolute atomic E-state index is 15.0. The zero-order valence-electron chi connectivity index (χ0n) is 49.2. The number of nitrogens with one attached hydrogen (secondary N) is 8. The van der Waals surface area contributed by atoms with Crippen molar-refractivity contribution in [1.29, 1.82) is 0 Å². The van der Waals surface area contributed by atoms with Crippen molar-refractivity contribution in [1.82, 2.24) is 42.5 Å². The number of fused-ring (bicyclic) bond motifs is 20. The molecule has 0 aromatic rings. The molecule has 91 heavy (non-hydrogen) atoms. The molecule has 9 fully saturated rings. The Morgan fingerprint density at radius 2 is 0.418 bits per heavy atom. The van der Waals surface area contributed by atoms with Gasteiger partial charge in [-0.2, -0.15) is 105 Å². The second kappa shape index (κ2) is 26.3. The van der Waals surface area contributed by atoms with Gasteiger partial charge < -0.3 is 28.5 Å². The van der Waals surface area contributed by atoms with Crippen LogP contribution in [0.4, 0.5) is 105 Å². The third kappa shape index (κ3) is 14.1. The Kier molecular flexibility index (Phi) is 21.6. The van der Waals surface area contributed by atoms with Crippen LogP contribution in [0.3, 0.4) is 0 Å². The summed E-state index contributed by atoms with van der Waals surface area (Å²) in [6.07, 6.45) is -66.0. The number of alkyl halides is 24. The van der Waals surface area contributed by atoms with Crippen molar-refractivity contribution in [3.8, 4) is 0 Å². The summed E-state index contributed by atoms with van der Waals surface area (Å²) in [5.74, 6) is -6.36. The van der Waals surface area contributed by atoms with Crippen molar-refractivity contribution in [2.75, 3.05) is 26.4 Å². The molecule has 39 heteroatoms. The van der Waals surface area contributed by atoms with Crippen molar-refractivity contribution >= 4 is 10.0 Å². The summed E-state index contributed by atoms with van der Waals surface area (Å²) >= 11 is 0. The van der Waals surface area contributed by atoms with Crippen molar-refractivity contribution in [3.05, 3.63) is 0 Å². The Morgan fingerprint density at radius 1 is 0.275 bits per heavy atom. The number of ether oxygens (including phenoxy) is 4. The first-order valence-corrected chi connectivity index (χ1v) is 31.2. The summed E-state index contributed by atoms with van der Waals surface area (Å²) in [5, 5.41) is 27.2. The molecule has 0 aromatic carbocycles. The normalized spacial score (nSPS) is 37.5. The lowest BCUT2D eigenvalue weighted by molar-refractivity contribution is -0.375. The van der Waals surface area contributed by atoms with Gasteiger partial charge in [0.1, 0.15) is 12.2 Å². The molecular formula is C52H76F24N8O6Si. The third-order valence-corrected chi connectivity index (χ3v) is 21.3. The zero-order valence-corrected chi connectivity index (χ0v) is 50.6. The van der Waals surface area contributed by atoms with E-state index in [0.717, 1.165) is 25.7 Å². The van der Waals surface area contributed by atoms with E-state index in [1.807, 2.05) is 0 Å². The van der Waals surface area contributed by atoms with Crippen molar-refractivity contribution in [3.63, 3.8) is 0 Å². The molecule has 532 valence electrons. The number of hydrogen-bond acceptors (Lipinski definition) is 14. The number of halogens is 24. The average molecular weight is 1390 g/mol. The van der Waals surface area contributed by atoms with Gasteiger partial charge in [-0.1, -0.05) is 38.5 Å². The minimum atomic E-state index is -6.56. The van der Waals surface area contributed by atoms with Crippen LogP contribution in [0.2, 0.25) is 0 Å². The van der Waals surface area contributed by atoms with Crippen LogP contribution in [0.15, 0.2) is 0 Å². The number of rotatable bonds is 12. The molecule has 0 amide bonds. The topological polar surface area (TPSA) is 174 Å². The molecule has 10 N–H and O–H groups in total. The van der Waals surface area contributed by atoms with Gasteiger partial charge in [0.15, 0.2) is 21.7 Å². The Bertz CT molecular complexity index is 2210. The second-order valence-electron chi connectivity index (χ2n) is 26.7. The van der Waals surface area contributed by atoms with Crippen LogP contribution in [0.5, 0.6) is 0 Å². The molecule has 4 aliphatic carbocycles. The maximum atomic E-state index is 15.0. The predicted octanol–water partition coefficient (Wildman–Crippen LogP) is 9.08. The predicted molar refractivity (Wildman–Crippen MR) is 272 cm³/mol. The van der Waals surface area contributed by atoms with Crippen LogP contribution in [0, 0.1) is 69.0 Å². The first kappa shape index (κ1) is 74.8. The van der Waals surface area contributed by atoms with Crippen LogP contribution in [-0.4, -0.2) is 169 Å². The average Bonchev–Trinajstić information content (AvgIpc) is 1.68. The molecule has 0 aromatic heterocycles. The molecule has 8 bridgehead atoms. The summed E-state index contributed by atoms with van der Waals surface area (Å²) < 4.78 is 379. The highest BCUT2D eigenvalue weighted by molar-refractivity contribution is 6.13. The van der Waals surface area contributed by atoms with E-state index in [9.17, 15) is 105 Å². The van der Waals surface area contributed by atoms with E-state index in [4.69, 9.17) is 28.5 Å². The standard InChI is InChI=1S/C52H72F24N8O4.H4O2Si/c1-41(45(53,54)55,46(56,57)58)17-85-29-27-28(30(86-18-42(2,47(59,60)61)48(62,63)64)32(88-20-44(4,51(71,72)73)52(74,75)76)31(29)87-19-43(3,49(65,66)67)50(68,69)70)40-83-38-26-16-10-8-14-24(26)36(81-38)79-34-22-12-6-5-11-21(22)33(77-34)78-35-23-13-7-9-15-25(23)37(80-35)82-39(27)84-40;1-3-2/h21-40,77-84H,5-20H2,1-4H3;1-2H,3H2. The van der Waals surface area contributed by atoms with E-state index in [0.29, 0.717) is 51.4 Å². The largest absolute Gasteiger partial charge is 0.415 e. The molecule has 5 aliphatic heterocycles. The summed E-state index contributed by atoms with van der Waals surface area (Å²) in [7, 11) is -1.58. The smallest absolute Gasteiger partial charge is 0.405 e.